The number of hydrogen-bond donors (Lipinski definition) is 1. The highest BCUT2D eigenvalue weighted by atomic mass is 35.5. The third-order valence-corrected chi connectivity index (χ3v) is 4.26. The average Bonchev–Trinajstić information content (AvgIpc) is 3.14. The Bertz CT molecular complexity index is 1240. The molecule has 0 atom stereocenters. The van der Waals surface area contributed by atoms with Crippen LogP contribution in [-0.4, -0.2) is 19.7 Å². The van der Waals surface area contributed by atoms with Gasteiger partial charge in [0.2, 0.25) is 5.82 Å². The van der Waals surface area contributed by atoms with E-state index in [1.54, 1.807) is 49.5 Å². The average molecular weight is 385 g/mol. The molecule has 4 rings (SSSR count). The number of aromatic nitrogens is 4. The lowest BCUT2D eigenvalue weighted by Gasteiger charge is -2.04. The first-order chi connectivity index (χ1) is 13.0. The van der Waals surface area contributed by atoms with Crippen LogP contribution in [0.4, 0.5) is 0 Å². The van der Waals surface area contributed by atoms with E-state index < -0.39 is 11.1 Å². The third-order valence-electron chi connectivity index (χ3n) is 4.01. The Morgan fingerprint density at radius 2 is 1.96 bits per heavy atom. The minimum atomic E-state index is -0.688. The van der Waals surface area contributed by atoms with Gasteiger partial charge in [0.05, 0.1) is 11.0 Å². The summed E-state index contributed by atoms with van der Waals surface area (Å²) < 4.78 is 12.1. The zero-order chi connectivity index (χ0) is 19.0. The number of ether oxygens (including phenoxy) is 1. The molecule has 27 heavy (non-hydrogen) atoms. The molecule has 9 heteroatoms. The van der Waals surface area contributed by atoms with Gasteiger partial charge in [-0.2, -0.15) is 4.98 Å². The summed E-state index contributed by atoms with van der Waals surface area (Å²) in [5.41, 5.74) is 0.434. The number of rotatable bonds is 4. The molecule has 0 bridgehead atoms. The van der Waals surface area contributed by atoms with Gasteiger partial charge in [-0.15, -0.1) is 0 Å². The van der Waals surface area contributed by atoms with Crippen LogP contribution in [0.15, 0.2) is 56.6 Å². The maximum Gasteiger partial charge on any atom is 0.316 e. The molecule has 0 saturated heterocycles. The first-order valence-electron chi connectivity index (χ1n) is 7.95. The summed E-state index contributed by atoms with van der Waals surface area (Å²) in [6.45, 7) is 0.105. The smallest absolute Gasteiger partial charge is 0.316 e. The van der Waals surface area contributed by atoms with Crippen molar-refractivity contribution in [2.24, 2.45) is 7.05 Å². The van der Waals surface area contributed by atoms with Crippen molar-refractivity contribution in [1.29, 1.82) is 0 Å². The summed E-state index contributed by atoms with van der Waals surface area (Å²) in [5, 5.41) is 4.55. The van der Waals surface area contributed by atoms with Gasteiger partial charge in [-0.1, -0.05) is 16.8 Å². The van der Waals surface area contributed by atoms with Crippen LogP contribution < -0.4 is 15.9 Å². The Hall–Kier alpha value is -3.39. The number of nitrogens with zero attached hydrogens (tertiary/aromatic N) is 3. The Morgan fingerprint density at radius 3 is 2.74 bits per heavy atom. The fourth-order valence-electron chi connectivity index (χ4n) is 2.61. The molecule has 0 aliphatic rings. The van der Waals surface area contributed by atoms with Crippen LogP contribution in [0, 0.1) is 0 Å². The van der Waals surface area contributed by atoms with Gasteiger partial charge in [0.15, 0.2) is 6.61 Å². The van der Waals surface area contributed by atoms with E-state index in [1.807, 2.05) is 0 Å². The van der Waals surface area contributed by atoms with Crippen molar-refractivity contribution in [2.45, 2.75) is 6.61 Å². The normalized spacial score (nSPS) is 11.0. The Labute approximate surface area is 157 Å². The number of hydrogen-bond acceptors (Lipinski definition) is 6. The molecular weight excluding hydrogens is 372 g/mol. The number of halogens is 1. The molecule has 2 heterocycles. The highest BCUT2D eigenvalue weighted by Gasteiger charge is 2.12. The predicted octanol–water partition coefficient (Wildman–Crippen LogP) is 2.51. The summed E-state index contributed by atoms with van der Waals surface area (Å²) in [6, 6.07) is 12.1. The van der Waals surface area contributed by atoms with Gasteiger partial charge in [0.25, 0.3) is 5.89 Å². The van der Waals surface area contributed by atoms with Crippen LogP contribution in [0.25, 0.3) is 22.4 Å². The van der Waals surface area contributed by atoms with Crippen LogP contribution >= 0.6 is 11.6 Å². The molecule has 0 radical (unpaired) electrons. The van der Waals surface area contributed by atoms with Crippen molar-refractivity contribution >= 4 is 22.6 Å². The highest BCUT2D eigenvalue weighted by Crippen LogP contribution is 2.21. The van der Waals surface area contributed by atoms with Crippen molar-refractivity contribution < 1.29 is 9.26 Å². The van der Waals surface area contributed by atoms with E-state index in [2.05, 4.69) is 15.1 Å². The minimum Gasteiger partial charge on any atom is -0.484 e. The van der Waals surface area contributed by atoms with Gasteiger partial charge in [-0.3, -0.25) is 9.59 Å². The van der Waals surface area contributed by atoms with E-state index in [9.17, 15) is 9.59 Å². The van der Waals surface area contributed by atoms with E-state index in [0.717, 1.165) is 0 Å². The van der Waals surface area contributed by atoms with Crippen LogP contribution in [0.5, 0.6) is 5.75 Å². The minimum absolute atomic E-state index is 0.105. The fourth-order valence-corrected chi connectivity index (χ4v) is 2.74. The molecule has 8 nitrogen and oxygen atoms in total. The zero-order valence-electron chi connectivity index (χ0n) is 14.1. The first-order valence-corrected chi connectivity index (χ1v) is 8.33. The molecule has 0 amide bonds. The van der Waals surface area contributed by atoms with Crippen molar-refractivity contribution in [3.63, 3.8) is 0 Å². The summed E-state index contributed by atoms with van der Waals surface area (Å²) in [4.78, 5) is 30.2. The Kier molecular flexibility index (Phi) is 4.25. The largest absolute Gasteiger partial charge is 0.484 e. The van der Waals surface area contributed by atoms with Gasteiger partial charge in [0.1, 0.15) is 5.75 Å². The number of H-pyrrole nitrogens is 1. The van der Waals surface area contributed by atoms with E-state index >= 15 is 0 Å². The Morgan fingerprint density at radius 1 is 1.19 bits per heavy atom. The fraction of sp³-hybridized carbons (Fsp3) is 0.111. The van der Waals surface area contributed by atoms with Crippen LogP contribution in [0.2, 0.25) is 5.02 Å². The standard InChI is InChI=1S/C18H13ClN4O4/c1-23-14-7-2-10(8-13(14)20-17(24)18(23)25)16-21-15(27-22-16)9-26-12-5-3-11(19)4-6-12/h2-8H,9H2,1H3,(H,20,24). The second-order valence-electron chi connectivity index (χ2n) is 5.80. The molecule has 4 aromatic rings. The maximum absolute atomic E-state index is 11.7. The quantitative estimate of drug-likeness (QED) is 0.542. The van der Waals surface area contributed by atoms with Gasteiger partial charge < -0.3 is 18.8 Å². The highest BCUT2D eigenvalue weighted by molar-refractivity contribution is 6.30. The van der Waals surface area contributed by atoms with Gasteiger partial charge >= 0.3 is 11.1 Å². The molecule has 2 aromatic carbocycles. The van der Waals surface area contributed by atoms with Gasteiger partial charge in [-0.05, 0) is 42.5 Å². The molecule has 0 aliphatic heterocycles. The third kappa shape index (κ3) is 3.34. The lowest BCUT2D eigenvalue weighted by molar-refractivity contribution is 0.243. The second-order valence-corrected chi connectivity index (χ2v) is 6.24. The van der Waals surface area contributed by atoms with Gasteiger partial charge in [0, 0.05) is 17.6 Å². The topological polar surface area (TPSA) is 103 Å². The molecule has 1 N–H and O–H groups in total. The molecular formula is C18H13ClN4O4. The summed E-state index contributed by atoms with van der Waals surface area (Å²) in [5.74, 6) is 1.28. The number of aromatic amines is 1. The molecule has 2 aromatic heterocycles. The molecule has 0 saturated carbocycles. The Balaban J connectivity index is 1.59. The molecule has 136 valence electrons. The monoisotopic (exact) mass is 384 g/mol. The maximum atomic E-state index is 11.7. The van der Waals surface area contributed by atoms with Crippen molar-refractivity contribution in [1.82, 2.24) is 19.7 Å². The number of benzene rings is 2. The number of aryl methyl sites for hydroxylation is 1. The lowest BCUT2D eigenvalue weighted by atomic mass is 10.2. The SMILES string of the molecule is Cn1c(=O)c(=O)[nH]c2cc(-c3noc(COc4ccc(Cl)cc4)n3)ccc21. The number of nitrogens with one attached hydrogen (secondary N) is 1. The van der Waals surface area contributed by atoms with Crippen LogP contribution in [0.1, 0.15) is 5.89 Å². The van der Waals surface area contributed by atoms with Gasteiger partial charge in [-0.25, -0.2) is 0 Å². The van der Waals surface area contributed by atoms with Crippen LogP contribution in [-0.2, 0) is 13.7 Å². The molecule has 0 unspecified atom stereocenters. The van der Waals surface area contributed by atoms with Crippen molar-refractivity contribution in [3.05, 3.63) is 74.1 Å². The van der Waals surface area contributed by atoms with Crippen molar-refractivity contribution in [2.75, 3.05) is 0 Å². The summed E-state index contributed by atoms with van der Waals surface area (Å²) in [7, 11) is 1.54. The van der Waals surface area contributed by atoms with E-state index in [0.29, 0.717) is 39.1 Å². The van der Waals surface area contributed by atoms with E-state index in [4.69, 9.17) is 20.9 Å². The van der Waals surface area contributed by atoms with Crippen molar-refractivity contribution in [3.8, 4) is 17.1 Å². The van der Waals surface area contributed by atoms with Crippen LogP contribution in [0.3, 0.4) is 0 Å². The zero-order valence-corrected chi connectivity index (χ0v) is 14.9. The predicted molar refractivity (Wildman–Crippen MR) is 98.9 cm³/mol. The molecule has 0 fully saturated rings. The number of fused-ring (bicyclic) bond motifs is 1. The van der Waals surface area contributed by atoms with E-state index in [-0.39, 0.29) is 6.61 Å². The first kappa shape index (κ1) is 17.0. The summed E-state index contributed by atoms with van der Waals surface area (Å²) >= 11 is 5.83. The molecule has 0 aliphatic carbocycles. The molecule has 0 spiro atoms. The second kappa shape index (κ2) is 6.73. The van der Waals surface area contributed by atoms with E-state index in [1.165, 1.54) is 4.57 Å². The lowest BCUT2D eigenvalue weighted by Crippen LogP contribution is -2.34. The summed E-state index contributed by atoms with van der Waals surface area (Å²) in [6.07, 6.45) is 0.